The number of ether oxygens (including phenoxy) is 1. The van der Waals surface area contributed by atoms with Crippen molar-refractivity contribution in [2.75, 3.05) is 11.9 Å². The van der Waals surface area contributed by atoms with Gasteiger partial charge in [-0.05, 0) is 81.1 Å². The van der Waals surface area contributed by atoms with Crippen LogP contribution in [0.5, 0.6) is 5.75 Å². The highest BCUT2D eigenvalue weighted by Gasteiger charge is 2.30. The number of alkyl halides is 3. The summed E-state index contributed by atoms with van der Waals surface area (Å²) in [5.41, 5.74) is 3.22. The summed E-state index contributed by atoms with van der Waals surface area (Å²) in [7, 11) is 0. The van der Waals surface area contributed by atoms with Gasteiger partial charge in [-0.2, -0.15) is 18.3 Å². The molecule has 2 N–H and O–H groups in total. The molecule has 1 amide bonds. The van der Waals surface area contributed by atoms with Crippen molar-refractivity contribution in [3.05, 3.63) is 78.4 Å². The Balaban J connectivity index is 1.55. The van der Waals surface area contributed by atoms with Crippen LogP contribution in [0, 0.1) is 7.14 Å². The van der Waals surface area contributed by atoms with Crippen LogP contribution in [0.4, 0.5) is 24.0 Å². The van der Waals surface area contributed by atoms with Gasteiger partial charge in [0, 0.05) is 11.1 Å². The molecule has 178 valence electrons. The molecule has 0 bridgehead atoms. The maximum absolute atomic E-state index is 12.9. The van der Waals surface area contributed by atoms with E-state index in [4.69, 9.17) is 4.74 Å². The molecule has 0 fully saturated rings. The molecule has 3 aromatic rings. The topological polar surface area (TPSA) is 75.6 Å². The number of anilines is 2. The van der Waals surface area contributed by atoms with E-state index in [-0.39, 0.29) is 18.0 Å². The summed E-state index contributed by atoms with van der Waals surface area (Å²) in [5.74, 6) is 0.392. The van der Waals surface area contributed by atoms with Crippen molar-refractivity contribution in [3.8, 4) is 5.75 Å². The van der Waals surface area contributed by atoms with Crippen molar-refractivity contribution in [1.29, 1.82) is 0 Å². The van der Waals surface area contributed by atoms with Crippen molar-refractivity contribution in [2.45, 2.75) is 12.6 Å². The van der Waals surface area contributed by atoms with Gasteiger partial charge in [0.25, 0.3) is 0 Å². The zero-order valence-electron chi connectivity index (χ0n) is 17.3. The SMILES string of the molecule is C=CCOc1c(I)cc(/C=N\NC(=O)Cc2csc(Nc3cccc(C(F)(F)F)c3)n2)cc1I. The third-order valence-corrected chi connectivity index (χ3v) is 6.51. The number of nitrogens with one attached hydrogen (secondary N) is 2. The molecule has 34 heavy (non-hydrogen) atoms. The fourth-order valence-corrected chi connectivity index (χ4v) is 5.52. The minimum Gasteiger partial charge on any atom is -0.487 e. The van der Waals surface area contributed by atoms with E-state index in [9.17, 15) is 18.0 Å². The van der Waals surface area contributed by atoms with Gasteiger partial charge >= 0.3 is 6.18 Å². The van der Waals surface area contributed by atoms with Gasteiger partial charge in [0.2, 0.25) is 5.91 Å². The van der Waals surface area contributed by atoms with E-state index in [1.54, 1.807) is 11.5 Å². The molecule has 0 saturated heterocycles. The second-order valence-electron chi connectivity index (χ2n) is 6.73. The fourth-order valence-electron chi connectivity index (χ4n) is 2.66. The lowest BCUT2D eigenvalue weighted by Crippen LogP contribution is -2.20. The number of hydrogen-bond acceptors (Lipinski definition) is 6. The lowest BCUT2D eigenvalue weighted by molar-refractivity contribution is -0.137. The summed E-state index contributed by atoms with van der Waals surface area (Å²) in [4.78, 5) is 16.4. The number of carbonyl (C=O) groups excluding carboxylic acids is 1. The van der Waals surface area contributed by atoms with Crippen LogP contribution in [0.1, 0.15) is 16.8 Å². The van der Waals surface area contributed by atoms with E-state index in [1.807, 2.05) is 12.1 Å². The Morgan fingerprint density at radius 3 is 2.65 bits per heavy atom. The van der Waals surface area contributed by atoms with E-state index < -0.39 is 11.7 Å². The molecular weight excluding hydrogens is 695 g/mol. The minimum absolute atomic E-state index is 0.0263. The highest BCUT2D eigenvalue weighted by molar-refractivity contribution is 14.1. The number of thiazole rings is 1. The zero-order valence-corrected chi connectivity index (χ0v) is 22.5. The lowest BCUT2D eigenvalue weighted by atomic mass is 10.2. The maximum atomic E-state index is 12.9. The predicted molar refractivity (Wildman–Crippen MR) is 144 cm³/mol. The summed E-state index contributed by atoms with van der Waals surface area (Å²) in [5, 5.41) is 8.86. The van der Waals surface area contributed by atoms with Crippen LogP contribution < -0.4 is 15.5 Å². The maximum Gasteiger partial charge on any atom is 0.416 e. The number of hydrogen-bond donors (Lipinski definition) is 2. The Kier molecular flexibility index (Phi) is 9.30. The third-order valence-electron chi connectivity index (χ3n) is 4.10. The van der Waals surface area contributed by atoms with Crippen LogP contribution >= 0.6 is 56.5 Å². The van der Waals surface area contributed by atoms with Crippen LogP contribution in [-0.2, 0) is 17.4 Å². The highest BCUT2D eigenvalue weighted by atomic mass is 127. The molecule has 1 heterocycles. The first-order valence-electron chi connectivity index (χ1n) is 9.59. The van der Waals surface area contributed by atoms with Gasteiger partial charge < -0.3 is 10.1 Å². The van der Waals surface area contributed by atoms with E-state index in [1.165, 1.54) is 29.7 Å². The third kappa shape index (κ3) is 7.66. The summed E-state index contributed by atoms with van der Waals surface area (Å²) < 4.78 is 46.0. The molecule has 2 aromatic carbocycles. The van der Waals surface area contributed by atoms with Gasteiger partial charge in [-0.15, -0.1) is 11.3 Å². The number of rotatable bonds is 9. The Bertz CT molecular complexity index is 1190. The van der Waals surface area contributed by atoms with Crippen molar-refractivity contribution in [1.82, 2.24) is 10.4 Å². The van der Waals surface area contributed by atoms with Gasteiger partial charge in [0.05, 0.1) is 31.0 Å². The normalized spacial score (nSPS) is 11.4. The first kappa shape index (κ1) is 26.4. The standard InChI is InChI=1S/C22H17F3I2N4O2S/c1-2-6-33-20-17(26)7-13(8-18(20)27)11-28-31-19(32)10-16-12-34-21(30-16)29-15-5-3-4-14(9-15)22(23,24)25/h2-5,7-9,11-12H,1,6,10H2,(H,29,30)(H,31,32)/b28-11-. The number of hydrazone groups is 1. The van der Waals surface area contributed by atoms with Gasteiger partial charge in [-0.1, -0.05) is 18.7 Å². The molecule has 0 aliphatic carbocycles. The molecule has 0 radical (unpaired) electrons. The van der Waals surface area contributed by atoms with Crippen LogP contribution in [0.25, 0.3) is 0 Å². The number of amides is 1. The van der Waals surface area contributed by atoms with Crippen LogP contribution in [-0.4, -0.2) is 23.7 Å². The Hall–Kier alpha value is -2.20. The molecule has 0 atom stereocenters. The fraction of sp³-hybridized carbons (Fsp3) is 0.136. The quantitative estimate of drug-likeness (QED) is 0.117. The Morgan fingerprint density at radius 2 is 1.97 bits per heavy atom. The van der Waals surface area contributed by atoms with Crippen LogP contribution in [0.2, 0.25) is 0 Å². The molecule has 0 aliphatic heterocycles. The van der Waals surface area contributed by atoms with Gasteiger partial charge in [0.15, 0.2) is 5.13 Å². The predicted octanol–water partition coefficient (Wildman–Crippen LogP) is 6.37. The Labute approximate surface area is 225 Å². The Morgan fingerprint density at radius 1 is 1.24 bits per heavy atom. The molecule has 6 nitrogen and oxygen atoms in total. The van der Waals surface area contributed by atoms with E-state index in [0.29, 0.717) is 17.4 Å². The van der Waals surface area contributed by atoms with E-state index >= 15 is 0 Å². The van der Waals surface area contributed by atoms with Crippen LogP contribution in [0.3, 0.4) is 0 Å². The average Bonchev–Trinajstić information content (AvgIpc) is 3.19. The second kappa shape index (κ2) is 12.0. The lowest BCUT2D eigenvalue weighted by Gasteiger charge is -2.09. The summed E-state index contributed by atoms with van der Waals surface area (Å²) >= 11 is 5.52. The number of benzene rings is 2. The molecule has 0 unspecified atom stereocenters. The number of nitrogens with zero attached hydrogens (tertiary/aromatic N) is 2. The first-order valence-corrected chi connectivity index (χ1v) is 12.6. The molecule has 0 saturated carbocycles. The highest BCUT2D eigenvalue weighted by Crippen LogP contribution is 2.32. The van der Waals surface area contributed by atoms with Gasteiger partial charge in [-0.3, -0.25) is 4.79 Å². The minimum atomic E-state index is -4.43. The molecule has 0 aliphatic rings. The molecule has 0 spiro atoms. The smallest absolute Gasteiger partial charge is 0.416 e. The largest absolute Gasteiger partial charge is 0.487 e. The number of carbonyl (C=O) groups is 1. The van der Waals surface area contributed by atoms with Gasteiger partial charge in [-0.25, -0.2) is 10.4 Å². The summed E-state index contributed by atoms with van der Waals surface area (Å²) in [6.07, 6.45) is -1.26. The van der Waals surface area contributed by atoms with Crippen molar-refractivity contribution >= 4 is 79.5 Å². The number of aromatic nitrogens is 1. The monoisotopic (exact) mass is 712 g/mol. The average molecular weight is 712 g/mol. The van der Waals surface area contributed by atoms with Crippen molar-refractivity contribution in [2.24, 2.45) is 5.10 Å². The molecule has 12 heteroatoms. The second-order valence-corrected chi connectivity index (χ2v) is 9.91. The first-order chi connectivity index (χ1) is 16.2. The molecular formula is C22H17F3I2N4O2S. The summed E-state index contributed by atoms with van der Waals surface area (Å²) in [6, 6.07) is 8.58. The van der Waals surface area contributed by atoms with Crippen molar-refractivity contribution < 1.29 is 22.7 Å². The van der Waals surface area contributed by atoms with Gasteiger partial charge in [0.1, 0.15) is 12.4 Å². The van der Waals surface area contributed by atoms with E-state index in [2.05, 4.69) is 72.6 Å². The summed E-state index contributed by atoms with van der Waals surface area (Å²) in [6.45, 7) is 4.04. The molecule has 3 rings (SSSR count). The number of halogens is 5. The van der Waals surface area contributed by atoms with Crippen molar-refractivity contribution in [3.63, 3.8) is 0 Å². The van der Waals surface area contributed by atoms with Crippen LogP contribution in [0.15, 0.2) is 59.5 Å². The molecule has 1 aromatic heterocycles. The van der Waals surface area contributed by atoms with E-state index in [0.717, 1.165) is 30.6 Å². The zero-order chi connectivity index (χ0) is 24.7.